The minimum Gasteiger partial charge on any atom is -0.365 e. The van der Waals surface area contributed by atoms with E-state index in [-0.39, 0.29) is 5.91 Å². The molecule has 0 radical (unpaired) electrons. The lowest BCUT2D eigenvalue weighted by Crippen LogP contribution is -2.12. The number of amides is 1. The van der Waals surface area contributed by atoms with Gasteiger partial charge in [0, 0.05) is 11.1 Å². The van der Waals surface area contributed by atoms with Gasteiger partial charge in [-0.15, -0.1) is 21.5 Å². The van der Waals surface area contributed by atoms with E-state index >= 15 is 0 Å². The number of aryl methyl sites for hydroxylation is 1. The molecule has 2 N–H and O–H groups in total. The van der Waals surface area contributed by atoms with Gasteiger partial charge in [0.2, 0.25) is 5.13 Å². The van der Waals surface area contributed by atoms with Crippen molar-refractivity contribution >= 4 is 39.5 Å². The molecule has 0 aliphatic rings. The van der Waals surface area contributed by atoms with Crippen LogP contribution in [-0.4, -0.2) is 26.1 Å². The highest BCUT2D eigenvalue weighted by Crippen LogP contribution is 2.15. The Kier molecular flexibility index (Phi) is 4.35. The van der Waals surface area contributed by atoms with E-state index in [1.54, 1.807) is 29.0 Å². The summed E-state index contributed by atoms with van der Waals surface area (Å²) in [6, 6.07) is 3.48. The number of hydrogen-bond acceptors (Lipinski definition) is 8. The molecule has 3 heterocycles. The van der Waals surface area contributed by atoms with Crippen molar-refractivity contribution in [3.63, 3.8) is 0 Å². The van der Waals surface area contributed by atoms with Crippen molar-refractivity contribution in [1.82, 2.24) is 20.2 Å². The lowest BCUT2D eigenvalue weighted by Gasteiger charge is -2.05. The maximum atomic E-state index is 12.0. The van der Waals surface area contributed by atoms with Gasteiger partial charge in [-0.25, -0.2) is 9.97 Å². The third-order valence-corrected chi connectivity index (χ3v) is 4.42. The predicted molar refractivity (Wildman–Crippen MR) is 86.3 cm³/mol. The molecule has 0 aromatic carbocycles. The van der Waals surface area contributed by atoms with E-state index in [9.17, 15) is 4.79 Å². The van der Waals surface area contributed by atoms with Gasteiger partial charge in [0.05, 0.1) is 23.3 Å². The highest BCUT2D eigenvalue weighted by atomic mass is 32.1. The van der Waals surface area contributed by atoms with Crippen molar-refractivity contribution < 1.29 is 4.79 Å². The molecule has 3 aromatic heterocycles. The minimum absolute atomic E-state index is 0.255. The second-order valence-electron chi connectivity index (χ2n) is 4.34. The molecule has 0 fully saturated rings. The van der Waals surface area contributed by atoms with Crippen LogP contribution in [0.3, 0.4) is 0 Å². The van der Waals surface area contributed by atoms with Crippen molar-refractivity contribution in [2.75, 3.05) is 10.6 Å². The average Bonchev–Trinajstić information content (AvgIpc) is 3.17. The predicted octanol–water partition coefficient (Wildman–Crippen LogP) is 2.56. The summed E-state index contributed by atoms with van der Waals surface area (Å²) < 4.78 is 0. The van der Waals surface area contributed by atoms with Crippen molar-refractivity contribution in [3.8, 4) is 0 Å². The number of hydrogen-bond donors (Lipinski definition) is 2. The Morgan fingerprint density at radius 1 is 1.23 bits per heavy atom. The molecule has 3 aromatic rings. The van der Waals surface area contributed by atoms with Gasteiger partial charge >= 0.3 is 0 Å². The van der Waals surface area contributed by atoms with Crippen LogP contribution in [0.25, 0.3) is 0 Å². The standard InChI is InChI=1S/C13H12N6OS2/c1-8-10(21-6-16-8)5-15-11-3-2-9(4-14-11)12(20)18-13-19-17-7-22-13/h2-4,6-7H,5H2,1H3,(H,14,15)(H,18,19,20). The lowest BCUT2D eigenvalue weighted by atomic mass is 10.2. The first kappa shape index (κ1) is 14.5. The van der Waals surface area contributed by atoms with Crippen LogP contribution in [0.2, 0.25) is 0 Å². The summed E-state index contributed by atoms with van der Waals surface area (Å²) in [6.45, 7) is 2.64. The normalized spacial score (nSPS) is 10.4. The van der Waals surface area contributed by atoms with Crippen LogP contribution in [0.1, 0.15) is 20.9 Å². The minimum atomic E-state index is -0.255. The van der Waals surface area contributed by atoms with Crippen LogP contribution in [0.5, 0.6) is 0 Å². The summed E-state index contributed by atoms with van der Waals surface area (Å²) in [5, 5.41) is 13.8. The Labute approximate surface area is 134 Å². The number of carbonyl (C=O) groups excluding carboxylic acids is 1. The van der Waals surface area contributed by atoms with E-state index < -0.39 is 0 Å². The monoisotopic (exact) mass is 332 g/mol. The van der Waals surface area contributed by atoms with Gasteiger partial charge < -0.3 is 5.32 Å². The number of carbonyl (C=O) groups is 1. The zero-order valence-corrected chi connectivity index (χ0v) is 13.2. The second kappa shape index (κ2) is 6.58. The molecular weight excluding hydrogens is 320 g/mol. The summed E-state index contributed by atoms with van der Waals surface area (Å²) in [5.41, 5.74) is 4.86. The molecule has 7 nitrogen and oxygen atoms in total. The third kappa shape index (κ3) is 3.43. The fraction of sp³-hybridized carbons (Fsp3) is 0.154. The van der Waals surface area contributed by atoms with Crippen LogP contribution in [-0.2, 0) is 6.54 Å². The van der Waals surface area contributed by atoms with Gasteiger partial charge in [0.1, 0.15) is 11.3 Å². The molecule has 0 bridgehead atoms. The number of rotatable bonds is 5. The first-order valence-corrected chi connectivity index (χ1v) is 8.14. The summed E-state index contributed by atoms with van der Waals surface area (Å²) >= 11 is 2.87. The largest absolute Gasteiger partial charge is 0.365 e. The van der Waals surface area contributed by atoms with Gasteiger partial charge in [0.25, 0.3) is 5.91 Å². The fourth-order valence-corrected chi connectivity index (χ4v) is 2.85. The van der Waals surface area contributed by atoms with Crippen LogP contribution in [0.15, 0.2) is 29.4 Å². The van der Waals surface area contributed by atoms with Gasteiger partial charge in [-0.2, -0.15) is 0 Å². The van der Waals surface area contributed by atoms with Gasteiger partial charge in [-0.1, -0.05) is 11.3 Å². The van der Waals surface area contributed by atoms with Crippen LogP contribution in [0, 0.1) is 6.92 Å². The Morgan fingerprint density at radius 2 is 2.14 bits per heavy atom. The van der Waals surface area contributed by atoms with Crippen molar-refractivity contribution in [1.29, 1.82) is 0 Å². The molecule has 0 saturated carbocycles. The van der Waals surface area contributed by atoms with E-state index in [1.165, 1.54) is 22.4 Å². The maximum Gasteiger partial charge on any atom is 0.259 e. The number of anilines is 2. The average molecular weight is 332 g/mol. The Bertz CT molecular complexity index is 753. The van der Waals surface area contributed by atoms with E-state index in [4.69, 9.17) is 0 Å². The van der Waals surface area contributed by atoms with Gasteiger partial charge in [-0.3, -0.25) is 10.1 Å². The molecule has 1 amide bonds. The first-order valence-electron chi connectivity index (χ1n) is 6.39. The number of aromatic nitrogens is 4. The van der Waals surface area contributed by atoms with Gasteiger partial charge in [0.15, 0.2) is 0 Å². The SMILES string of the molecule is Cc1ncsc1CNc1ccc(C(=O)Nc2nncs2)cn1. The van der Waals surface area contributed by atoms with E-state index in [1.807, 2.05) is 12.4 Å². The number of nitrogens with zero attached hydrogens (tertiary/aromatic N) is 4. The molecule has 9 heteroatoms. The Morgan fingerprint density at radius 3 is 2.77 bits per heavy atom. The number of nitrogens with one attached hydrogen (secondary N) is 2. The molecule has 0 atom stereocenters. The van der Waals surface area contributed by atoms with Crippen LogP contribution >= 0.6 is 22.7 Å². The molecule has 0 saturated heterocycles. The molecule has 22 heavy (non-hydrogen) atoms. The maximum absolute atomic E-state index is 12.0. The van der Waals surface area contributed by atoms with Crippen LogP contribution in [0.4, 0.5) is 10.9 Å². The fourth-order valence-electron chi connectivity index (χ4n) is 1.70. The van der Waals surface area contributed by atoms with Crippen molar-refractivity contribution in [3.05, 3.63) is 45.5 Å². The Hall–Kier alpha value is -2.39. The van der Waals surface area contributed by atoms with Crippen LogP contribution < -0.4 is 10.6 Å². The summed E-state index contributed by atoms with van der Waals surface area (Å²) in [7, 11) is 0. The lowest BCUT2D eigenvalue weighted by molar-refractivity contribution is 0.102. The zero-order chi connectivity index (χ0) is 15.4. The van der Waals surface area contributed by atoms with E-state index in [0.29, 0.717) is 23.1 Å². The molecule has 0 unspecified atom stereocenters. The molecule has 112 valence electrons. The van der Waals surface area contributed by atoms with Crippen molar-refractivity contribution in [2.45, 2.75) is 13.5 Å². The van der Waals surface area contributed by atoms with E-state index in [0.717, 1.165) is 5.69 Å². The quantitative estimate of drug-likeness (QED) is 0.746. The van der Waals surface area contributed by atoms with Gasteiger partial charge in [-0.05, 0) is 19.1 Å². The Balaban J connectivity index is 1.60. The second-order valence-corrected chi connectivity index (χ2v) is 6.12. The zero-order valence-electron chi connectivity index (χ0n) is 11.6. The topological polar surface area (TPSA) is 92.7 Å². The first-order chi connectivity index (χ1) is 10.7. The highest BCUT2D eigenvalue weighted by molar-refractivity contribution is 7.13. The highest BCUT2D eigenvalue weighted by Gasteiger charge is 2.09. The molecule has 0 aliphatic carbocycles. The van der Waals surface area contributed by atoms with E-state index in [2.05, 4.69) is 30.8 Å². The summed E-state index contributed by atoms with van der Waals surface area (Å²) in [6.07, 6.45) is 1.53. The summed E-state index contributed by atoms with van der Waals surface area (Å²) in [5.74, 6) is 0.453. The smallest absolute Gasteiger partial charge is 0.259 e. The number of thiazole rings is 1. The molecule has 0 aliphatic heterocycles. The van der Waals surface area contributed by atoms with Crippen molar-refractivity contribution in [2.24, 2.45) is 0 Å². The molecular formula is C13H12N6OS2. The summed E-state index contributed by atoms with van der Waals surface area (Å²) in [4.78, 5) is 21.6. The molecule has 3 rings (SSSR count). The molecule has 0 spiro atoms. The third-order valence-electron chi connectivity index (χ3n) is 2.88. The number of pyridine rings is 1.